The molecule has 0 bridgehead atoms. The van der Waals surface area contributed by atoms with E-state index in [1.54, 1.807) is 6.07 Å². The minimum atomic E-state index is -0.348. The van der Waals surface area contributed by atoms with Crippen LogP contribution in [0.25, 0.3) is 0 Å². The molecule has 0 atom stereocenters. The van der Waals surface area contributed by atoms with Crippen molar-refractivity contribution in [2.75, 3.05) is 11.9 Å². The van der Waals surface area contributed by atoms with Gasteiger partial charge >= 0.3 is 0 Å². The van der Waals surface area contributed by atoms with Crippen LogP contribution in [0.15, 0.2) is 30.5 Å². The Labute approximate surface area is 154 Å². The Morgan fingerprint density at radius 2 is 2.08 bits per heavy atom. The molecule has 1 aromatic carbocycles. The predicted octanol–water partition coefficient (Wildman–Crippen LogP) is 5.63. The summed E-state index contributed by atoms with van der Waals surface area (Å²) in [6, 6.07) is 6.37. The topological polar surface area (TPSA) is 37.0 Å². The Morgan fingerprint density at radius 3 is 2.72 bits per heavy atom. The van der Waals surface area contributed by atoms with Gasteiger partial charge in [-0.3, -0.25) is 0 Å². The van der Waals surface area contributed by atoms with Crippen molar-refractivity contribution >= 4 is 23.1 Å². The van der Waals surface area contributed by atoms with Crippen LogP contribution in [-0.2, 0) is 6.54 Å². The van der Waals surface area contributed by atoms with E-state index in [9.17, 15) is 4.39 Å². The Hall–Kier alpha value is -1.65. The Balaban J connectivity index is 1.71. The van der Waals surface area contributed by atoms with Gasteiger partial charge in [-0.15, -0.1) is 0 Å². The van der Waals surface area contributed by atoms with Crippen LogP contribution in [0.3, 0.4) is 0 Å². The van der Waals surface area contributed by atoms with Gasteiger partial charge in [-0.25, -0.2) is 9.37 Å². The molecule has 1 aromatic heterocycles. The van der Waals surface area contributed by atoms with Crippen molar-refractivity contribution in [1.29, 1.82) is 0 Å². The highest BCUT2D eigenvalue weighted by Crippen LogP contribution is 2.28. The molecule has 1 saturated carbocycles. The number of pyridine rings is 1. The molecule has 3 rings (SSSR count). The number of hydrogen-bond acceptors (Lipinski definition) is 3. The Morgan fingerprint density at radius 1 is 1.28 bits per heavy atom. The maximum absolute atomic E-state index is 13.2. The highest BCUT2D eigenvalue weighted by Gasteiger charge is 2.17. The van der Waals surface area contributed by atoms with Gasteiger partial charge in [0.15, 0.2) is 0 Å². The third-order valence-corrected chi connectivity index (χ3v) is 5.12. The number of benzene rings is 1. The van der Waals surface area contributed by atoms with Gasteiger partial charge in [0.1, 0.15) is 11.6 Å². The molecule has 0 amide bonds. The van der Waals surface area contributed by atoms with Crippen LogP contribution < -0.4 is 10.6 Å². The van der Waals surface area contributed by atoms with Crippen molar-refractivity contribution < 1.29 is 4.39 Å². The number of nitrogens with zero attached hydrogens (tertiary/aromatic N) is 1. The molecule has 0 unspecified atom stereocenters. The first-order valence-corrected chi connectivity index (χ1v) is 9.32. The average Bonchev–Trinajstić information content (AvgIpc) is 2.53. The van der Waals surface area contributed by atoms with Gasteiger partial charge in [-0.1, -0.05) is 31.9 Å². The SMILES string of the molecule is CC(C)c1cc(Nc2ccc(F)cc2Cl)ncc1CNCC1CCC1. The van der Waals surface area contributed by atoms with Gasteiger partial charge < -0.3 is 10.6 Å². The summed E-state index contributed by atoms with van der Waals surface area (Å²) in [6.45, 7) is 6.29. The van der Waals surface area contributed by atoms with E-state index < -0.39 is 0 Å². The number of rotatable bonds is 7. The van der Waals surface area contributed by atoms with E-state index in [1.807, 2.05) is 6.20 Å². The third-order valence-electron chi connectivity index (χ3n) is 4.81. The van der Waals surface area contributed by atoms with Crippen molar-refractivity contribution in [3.05, 3.63) is 52.4 Å². The monoisotopic (exact) mass is 361 g/mol. The normalized spacial score (nSPS) is 14.6. The van der Waals surface area contributed by atoms with Crippen molar-refractivity contribution in [1.82, 2.24) is 10.3 Å². The molecule has 5 heteroatoms. The molecule has 0 aliphatic heterocycles. The zero-order chi connectivity index (χ0) is 17.8. The van der Waals surface area contributed by atoms with Gasteiger partial charge in [-0.2, -0.15) is 0 Å². The summed E-state index contributed by atoms with van der Waals surface area (Å²) in [5.74, 6) is 1.61. The quantitative estimate of drug-likeness (QED) is 0.671. The van der Waals surface area contributed by atoms with E-state index in [1.165, 1.54) is 42.5 Å². The number of anilines is 2. The Bertz CT molecular complexity index is 729. The second kappa shape index (κ2) is 8.15. The smallest absolute Gasteiger partial charge is 0.130 e. The van der Waals surface area contributed by atoms with Gasteiger partial charge in [0.25, 0.3) is 0 Å². The summed E-state index contributed by atoms with van der Waals surface area (Å²) >= 11 is 6.09. The molecule has 1 fully saturated rings. The molecular formula is C20H25ClFN3. The lowest BCUT2D eigenvalue weighted by molar-refractivity contribution is 0.301. The van der Waals surface area contributed by atoms with Crippen LogP contribution in [0.1, 0.15) is 50.2 Å². The highest BCUT2D eigenvalue weighted by atomic mass is 35.5. The molecule has 1 aliphatic carbocycles. The lowest BCUT2D eigenvalue weighted by atomic mass is 9.85. The van der Waals surface area contributed by atoms with Crippen LogP contribution in [0.4, 0.5) is 15.9 Å². The molecule has 2 N–H and O–H groups in total. The number of halogens is 2. The number of hydrogen-bond donors (Lipinski definition) is 2. The lowest BCUT2D eigenvalue weighted by Gasteiger charge is -2.25. The number of aromatic nitrogens is 1. The maximum atomic E-state index is 13.2. The minimum Gasteiger partial charge on any atom is -0.339 e. The molecule has 25 heavy (non-hydrogen) atoms. The van der Waals surface area contributed by atoms with Gasteiger partial charge in [0, 0.05) is 12.7 Å². The van der Waals surface area contributed by atoms with Crippen molar-refractivity contribution in [2.45, 2.75) is 45.6 Å². The second-order valence-electron chi connectivity index (χ2n) is 7.10. The van der Waals surface area contributed by atoms with Crippen LogP contribution in [0.5, 0.6) is 0 Å². The second-order valence-corrected chi connectivity index (χ2v) is 7.51. The molecule has 1 aliphatic rings. The van der Waals surface area contributed by atoms with Gasteiger partial charge in [0.05, 0.1) is 10.7 Å². The van der Waals surface area contributed by atoms with E-state index in [2.05, 4.69) is 35.5 Å². The van der Waals surface area contributed by atoms with Crippen LogP contribution >= 0.6 is 11.6 Å². The van der Waals surface area contributed by atoms with E-state index in [4.69, 9.17) is 11.6 Å². The molecule has 134 valence electrons. The van der Waals surface area contributed by atoms with Crippen LogP contribution in [0, 0.1) is 11.7 Å². The fraction of sp³-hybridized carbons (Fsp3) is 0.450. The molecule has 0 radical (unpaired) electrons. The first-order chi connectivity index (χ1) is 12.0. The summed E-state index contributed by atoms with van der Waals surface area (Å²) < 4.78 is 13.2. The molecule has 2 aromatic rings. The van der Waals surface area contributed by atoms with E-state index in [0.717, 1.165) is 24.8 Å². The fourth-order valence-electron chi connectivity index (χ4n) is 3.09. The highest BCUT2D eigenvalue weighted by molar-refractivity contribution is 6.33. The van der Waals surface area contributed by atoms with Crippen molar-refractivity contribution in [2.24, 2.45) is 5.92 Å². The maximum Gasteiger partial charge on any atom is 0.130 e. The van der Waals surface area contributed by atoms with E-state index in [-0.39, 0.29) is 5.82 Å². The molecule has 0 spiro atoms. The summed E-state index contributed by atoms with van der Waals surface area (Å²) in [5.41, 5.74) is 3.14. The molecule has 3 nitrogen and oxygen atoms in total. The first kappa shape index (κ1) is 18.2. The molecular weight excluding hydrogens is 337 g/mol. The average molecular weight is 362 g/mol. The van der Waals surface area contributed by atoms with Crippen molar-refractivity contribution in [3.8, 4) is 0 Å². The Kier molecular flexibility index (Phi) is 5.92. The summed E-state index contributed by atoms with van der Waals surface area (Å²) in [4.78, 5) is 4.51. The summed E-state index contributed by atoms with van der Waals surface area (Å²) in [7, 11) is 0. The minimum absolute atomic E-state index is 0.346. The lowest BCUT2D eigenvalue weighted by Crippen LogP contribution is -2.27. The molecule has 0 saturated heterocycles. The van der Waals surface area contributed by atoms with E-state index in [0.29, 0.717) is 16.6 Å². The first-order valence-electron chi connectivity index (χ1n) is 8.94. The van der Waals surface area contributed by atoms with Crippen molar-refractivity contribution in [3.63, 3.8) is 0 Å². The summed E-state index contributed by atoms with van der Waals surface area (Å²) in [6.07, 6.45) is 5.99. The fourth-order valence-corrected chi connectivity index (χ4v) is 3.30. The van der Waals surface area contributed by atoms with Crippen LogP contribution in [0.2, 0.25) is 5.02 Å². The third kappa shape index (κ3) is 4.71. The van der Waals surface area contributed by atoms with Gasteiger partial charge in [-0.05, 0) is 66.6 Å². The zero-order valence-corrected chi connectivity index (χ0v) is 15.5. The summed E-state index contributed by atoms with van der Waals surface area (Å²) in [5, 5.41) is 7.09. The van der Waals surface area contributed by atoms with E-state index >= 15 is 0 Å². The standard InChI is InChI=1S/C20H25ClFN3/c1-13(2)17-9-20(25-19-7-6-16(22)8-18(19)21)24-12-15(17)11-23-10-14-4-3-5-14/h6-9,12-14,23H,3-5,10-11H2,1-2H3,(H,24,25). The number of nitrogens with one attached hydrogen (secondary N) is 2. The largest absolute Gasteiger partial charge is 0.339 e. The van der Waals surface area contributed by atoms with Crippen LogP contribution in [-0.4, -0.2) is 11.5 Å². The van der Waals surface area contributed by atoms with Gasteiger partial charge in [0.2, 0.25) is 0 Å². The predicted molar refractivity (Wildman–Crippen MR) is 102 cm³/mol. The molecule has 1 heterocycles. The zero-order valence-electron chi connectivity index (χ0n) is 14.8.